The molecule has 1 rings (SSSR count). The quantitative estimate of drug-likeness (QED) is 0.813. The van der Waals surface area contributed by atoms with Gasteiger partial charge in [0, 0.05) is 6.54 Å². The van der Waals surface area contributed by atoms with Crippen molar-refractivity contribution in [2.75, 3.05) is 6.54 Å². The van der Waals surface area contributed by atoms with Crippen LogP contribution in [-0.2, 0) is 9.59 Å². The van der Waals surface area contributed by atoms with E-state index in [1.165, 1.54) is 0 Å². The Morgan fingerprint density at radius 1 is 1.20 bits per heavy atom. The second kappa shape index (κ2) is 6.59. The fourth-order valence-corrected chi connectivity index (χ4v) is 3.40. The van der Waals surface area contributed by atoms with Gasteiger partial charge in [-0.1, -0.05) is 40.0 Å². The summed E-state index contributed by atoms with van der Waals surface area (Å²) in [5.74, 6) is -0.610. The number of nitrogens with two attached hydrogens (primary N) is 1. The zero-order valence-corrected chi connectivity index (χ0v) is 13.4. The molecule has 0 aromatic heterocycles. The van der Waals surface area contributed by atoms with Crippen molar-refractivity contribution in [2.24, 2.45) is 22.5 Å². The minimum atomic E-state index is -0.648. The summed E-state index contributed by atoms with van der Waals surface area (Å²) >= 11 is 0. The first kappa shape index (κ1) is 17.0. The zero-order chi connectivity index (χ0) is 15.4. The Labute approximate surface area is 122 Å². The molecule has 0 bridgehead atoms. The molecule has 0 aromatic rings. The molecule has 0 radical (unpaired) electrons. The second-order valence-corrected chi connectivity index (χ2v) is 7.29. The zero-order valence-electron chi connectivity index (χ0n) is 13.4. The van der Waals surface area contributed by atoms with E-state index in [2.05, 4.69) is 26.1 Å². The monoisotopic (exact) mass is 282 g/mol. The summed E-state index contributed by atoms with van der Waals surface area (Å²) in [6.45, 7) is 8.82. The Morgan fingerprint density at radius 2 is 1.75 bits per heavy atom. The average molecular weight is 282 g/mol. The molecule has 1 unspecified atom stereocenters. The molecule has 4 nitrogen and oxygen atoms in total. The number of carbonyl (C=O) groups is 2. The summed E-state index contributed by atoms with van der Waals surface area (Å²) in [5, 5.41) is 2.90. The minimum absolute atomic E-state index is 0.00432. The molecule has 1 aliphatic carbocycles. The Balaban J connectivity index is 3.10. The molecule has 0 aliphatic heterocycles. The van der Waals surface area contributed by atoms with E-state index in [1.807, 2.05) is 6.92 Å². The fraction of sp³-hybridized carbons (Fsp3) is 0.875. The van der Waals surface area contributed by atoms with E-state index in [1.54, 1.807) is 0 Å². The van der Waals surface area contributed by atoms with Gasteiger partial charge in [-0.3, -0.25) is 9.59 Å². The number of carbonyl (C=O) groups excluding carboxylic acids is 2. The predicted molar refractivity (Wildman–Crippen MR) is 81.0 cm³/mol. The van der Waals surface area contributed by atoms with Gasteiger partial charge in [-0.25, -0.2) is 0 Å². The Hall–Kier alpha value is -1.06. The van der Waals surface area contributed by atoms with E-state index in [9.17, 15) is 9.59 Å². The van der Waals surface area contributed by atoms with Crippen LogP contribution in [0, 0.1) is 16.7 Å². The summed E-state index contributed by atoms with van der Waals surface area (Å²) in [6, 6.07) is 0. The van der Waals surface area contributed by atoms with E-state index in [-0.39, 0.29) is 23.1 Å². The average Bonchev–Trinajstić information content (AvgIpc) is 2.36. The van der Waals surface area contributed by atoms with Crippen molar-refractivity contribution in [3.8, 4) is 0 Å². The molecule has 0 saturated heterocycles. The molecule has 1 saturated carbocycles. The molecule has 20 heavy (non-hydrogen) atoms. The second-order valence-electron chi connectivity index (χ2n) is 7.29. The SMILES string of the molecule is CCNC(=O)C(CC(C)(C)C)C1(C(N)=O)CCCCC1. The van der Waals surface area contributed by atoms with Gasteiger partial charge in [-0.2, -0.15) is 0 Å². The highest BCUT2D eigenvalue weighted by molar-refractivity contribution is 5.90. The minimum Gasteiger partial charge on any atom is -0.369 e. The topological polar surface area (TPSA) is 72.2 Å². The molecule has 0 spiro atoms. The van der Waals surface area contributed by atoms with Crippen molar-refractivity contribution in [3.05, 3.63) is 0 Å². The first-order valence-electron chi connectivity index (χ1n) is 7.80. The number of nitrogens with one attached hydrogen (secondary N) is 1. The molecule has 4 heteroatoms. The van der Waals surface area contributed by atoms with Crippen LogP contribution in [0.4, 0.5) is 0 Å². The number of hydrogen-bond acceptors (Lipinski definition) is 2. The Kier molecular flexibility index (Phi) is 5.60. The third-order valence-electron chi connectivity index (χ3n) is 4.39. The third-order valence-corrected chi connectivity index (χ3v) is 4.39. The molecular weight excluding hydrogens is 252 g/mol. The van der Waals surface area contributed by atoms with Crippen molar-refractivity contribution in [1.82, 2.24) is 5.32 Å². The van der Waals surface area contributed by atoms with Crippen LogP contribution in [0.3, 0.4) is 0 Å². The third kappa shape index (κ3) is 3.97. The summed E-state index contributed by atoms with van der Waals surface area (Å²) < 4.78 is 0. The van der Waals surface area contributed by atoms with Crippen LogP contribution >= 0.6 is 0 Å². The van der Waals surface area contributed by atoms with Gasteiger partial charge in [0.05, 0.1) is 11.3 Å². The van der Waals surface area contributed by atoms with Gasteiger partial charge in [0.15, 0.2) is 0 Å². The number of amides is 2. The molecule has 3 N–H and O–H groups in total. The maximum atomic E-state index is 12.5. The number of hydrogen-bond donors (Lipinski definition) is 2. The largest absolute Gasteiger partial charge is 0.369 e. The normalized spacial score (nSPS) is 20.2. The molecule has 1 atom stereocenters. The molecular formula is C16H30N2O2. The highest BCUT2D eigenvalue weighted by Gasteiger charge is 2.49. The number of primary amides is 1. The maximum absolute atomic E-state index is 12.5. The summed E-state index contributed by atoms with van der Waals surface area (Å²) in [5.41, 5.74) is 5.08. The van der Waals surface area contributed by atoms with Crippen LogP contribution in [0.5, 0.6) is 0 Å². The summed E-state index contributed by atoms with van der Waals surface area (Å²) in [6.07, 6.45) is 5.31. The maximum Gasteiger partial charge on any atom is 0.224 e. The fourth-order valence-electron chi connectivity index (χ4n) is 3.40. The van der Waals surface area contributed by atoms with Crippen LogP contribution in [0.2, 0.25) is 0 Å². The predicted octanol–water partition coefficient (Wildman–Crippen LogP) is 2.61. The Morgan fingerprint density at radius 3 is 2.15 bits per heavy atom. The lowest BCUT2D eigenvalue weighted by atomic mass is 9.61. The lowest BCUT2D eigenvalue weighted by Gasteiger charge is -2.42. The lowest BCUT2D eigenvalue weighted by molar-refractivity contribution is -0.144. The van der Waals surface area contributed by atoms with Crippen LogP contribution in [0.15, 0.2) is 0 Å². The summed E-state index contributed by atoms with van der Waals surface area (Å²) in [4.78, 5) is 24.7. The van der Waals surface area contributed by atoms with Crippen molar-refractivity contribution in [2.45, 2.75) is 66.2 Å². The van der Waals surface area contributed by atoms with E-state index >= 15 is 0 Å². The highest BCUT2D eigenvalue weighted by atomic mass is 16.2. The van der Waals surface area contributed by atoms with E-state index in [0.29, 0.717) is 13.0 Å². The van der Waals surface area contributed by atoms with Crippen LogP contribution in [0.25, 0.3) is 0 Å². The van der Waals surface area contributed by atoms with Gasteiger partial charge >= 0.3 is 0 Å². The molecule has 116 valence electrons. The molecule has 0 heterocycles. The van der Waals surface area contributed by atoms with Gasteiger partial charge in [0.1, 0.15) is 0 Å². The molecule has 1 fully saturated rings. The first-order valence-corrected chi connectivity index (χ1v) is 7.80. The van der Waals surface area contributed by atoms with Gasteiger partial charge in [-0.05, 0) is 31.6 Å². The highest BCUT2D eigenvalue weighted by Crippen LogP contribution is 2.46. The van der Waals surface area contributed by atoms with E-state index in [4.69, 9.17) is 5.73 Å². The van der Waals surface area contributed by atoms with E-state index < -0.39 is 5.41 Å². The van der Waals surface area contributed by atoms with Gasteiger partial charge in [0.2, 0.25) is 11.8 Å². The van der Waals surface area contributed by atoms with Crippen LogP contribution < -0.4 is 11.1 Å². The molecule has 0 aromatic carbocycles. The Bertz CT molecular complexity index is 352. The van der Waals surface area contributed by atoms with Crippen LogP contribution in [0.1, 0.15) is 66.2 Å². The molecule has 1 aliphatic rings. The van der Waals surface area contributed by atoms with Crippen molar-refractivity contribution >= 4 is 11.8 Å². The first-order chi connectivity index (χ1) is 9.23. The van der Waals surface area contributed by atoms with Gasteiger partial charge in [0.25, 0.3) is 0 Å². The summed E-state index contributed by atoms with van der Waals surface area (Å²) in [7, 11) is 0. The van der Waals surface area contributed by atoms with Crippen molar-refractivity contribution < 1.29 is 9.59 Å². The van der Waals surface area contributed by atoms with Crippen molar-refractivity contribution in [3.63, 3.8) is 0 Å². The van der Waals surface area contributed by atoms with E-state index in [0.717, 1.165) is 32.1 Å². The number of rotatable bonds is 5. The van der Waals surface area contributed by atoms with Gasteiger partial charge < -0.3 is 11.1 Å². The van der Waals surface area contributed by atoms with Crippen LogP contribution in [-0.4, -0.2) is 18.4 Å². The van der Waals surface area contributed by atoms with Gasteiger partial charge in [-0.15, -0.1) is 0 Å². The van der Waals surface area contributed by atoms with Crippen molar-refractivity contribution in [1.29, 1.82) is 0 Å². The smallest absolute Gasteiger partial charge is 0.224 e. The lowest BCUT2D eigenvalue weighted by Crippen LogP contribution is -2.51. The molecule has 2 amide bonds. The standard InChI is InChI=1S/C16H30N2O2/c1-5-18-13(19)12(11-15(2,3)4)16(14(17)20)9-7-6-8-10-16/h12H,5-11H2,1-4H3,(H2,17,20)(H,18,19).